The van der Waals surface area contributed by atoms with Crippen LogP contribution in [-0.2, 0) is 9.59 Å². The van der Waals surface area contributed by atoms with Crippen molar-refractivity contribution in [3.8, 4) is 0 Å². The van der Waals surface area contributed by atoms with Gasteiger partial charge in [-0.05, 0) is 56.2 Å². The number of fused-ring (bicyclic) bond motifs is 1. The molecule has 0 aromatic heterocycles. The minimum Gasteiger partial charge on any atom is -0.339 e. The number of nitrogens with zero attached hydrogens (tertiary/aromatic N) is 1. The fourth-order valence-electron chi connectivity index (χ4n) is 4.17. The van der Waals surface area contributed by atoms with Gasteiger partial charge in [0.05, 0.1) is 11.1 Å². The highest BCUT2D eigenvalue weighted by Gasteiger charge is 2.41. The molecule has 0 spiro atoms. The largest absolute Gasteiger partial charge is 0.339 e. The molecular formula is C27H23Cl2N3O4. The summed E-state index contributed by atoms with van der Waals surface area (Å²) in [5.74, 6) is -2.38. The van der Waals surface area contributed by atoms with Crippen LogP contribution < -0.4 is 10.6 Å². The molecule has 36 heavy (non-hydrogen) atoms. The zero-order valence-electron chi connectivity index (χ0n) is 19.8. The second-order valence-corrected chi connectivity index (χ2v) is 9.41. The molecule has 184 valence electrons. The third-order valence-corrected chi connectivity index (χ3v) is 6.71. The summed E-state index contributed by atoms with van der Waals surface area (Å²) in [5.41, 5.74) is 3.07. The molecule has 4 rings (SSSR count). The van der Waals surface area contributed by atoms with Gasteiger partial charge in [-0.2, -0.15) is 0 Å². The summed E-state index contributed by atoms with van der Waals surface area (Å²) in [6.45, 7) is 5.15. The van der Waals surface area contributed by atoms with Gasteiger partial charge in [-0.1, -0.05) is 59.6 Å². The molecule has 4 amide bonds. The second-order valence-electron chi connectivity index (χ2n) is 8.57. The molecule has 0 saturated heterocycles. The molecule has 0 aliphatic carbocycles. The molecule has 1 aliphatic rings. The summed E-state index contributed by atoms with van der Waals surface area (Å²) < 4.78 is 0. The zero-order chi connectivity index (χ0) is 26.1. The van der Waals surface area contributed by atoms with Crippen LogP contribution in [-0.4, -0.2) is 34.6 Å². The molecule has 3 aromatic rings. The Morgan fingerprint density at radius 3 is 1.97 bits per heavy atom. The van der Waals surface area contributed by atoms with E-state index in [-0.39, 0.29) is 16.1 Å². The fraction of sp³-hybridized carbons (Fsp3) is 0.185. The lowest BCUT2D eigenvalue weighted by Crippen LogP contribution is -2.50. The number of halogens is 2. The smallest absolute Gasteiger partial charge is 0.262 e. The van der Waals surface area contributed by atoms with Crippen LogP contribution in [0.15, 0.2) is 60.7 Å². The highest BCUT2D eigenvalue weighted by molar-refractivity contribution is 6.35. The number of anilines is 1. The first-order valence-corrected chi connectivity index (χ1v) is 11.9. The van der Waals surface area contributed by atoms with Crippen molar-refractivity contribution in [1.29, 1.82) is 0 Å². The molecule has 0 radical (unpaired) electrons. The van der Waals surface area contributed by atoms with Crippen molar-refractivity contribution in [3.05, 3.63) is 98.5 Å². The molecule has 9 heteroatoms. The van der Waals surface area contributed by atoms with Crippen molar-refractivity contribution >= 4 is 52.5 Å². The number of carbonyl (C=O) groups is 4. The first-order chi connectivity index (χ1) is 17.1. The average Bonchev–Trinajstić information content (AvgIpc) is 3.09. The molecule has 3 aromatic carbocycles. The third-order valence-electron chi connectivity index (χ3n) is 6.14. The van der Waals surface area contributed by atoms with Crippen LogP contribution in [0, 0.1) is 13.8 Å². The number of aryl methyl sites for hydroxylation is 2. The quantitative estimate of drug-likeness (QED) is 0.439. The minimum absolute atomic E-state index is 0.179. The average molecular weight is 524 g/mol. The summed E-state index contributed by atoms with van der Waals surface area (Å²) in [5, 5.41) is 6.09. The van der Waals surface area contributed by atoms with Gasteiger partial charge >= 0.3 is 0 Å². The Morgan fingerprint density at radius 1 is 0.833 bits per heavy atom. The number of rotatable bonds is 6. The maximum absolute atomic E-state index is 13.5. The molecule has 1 heterocycles. The summed E-state index contributed by atoms with van der Waals surface area (Å²) in [6, 6.07) is 14.1. The van der Waals surface area contributed by atoms with Crippen LogP contribution in [0.25, 0.3) is 0 Å². The highest BCUT2D eigenvalue weighted by Crippen LogP contribution is 2.30. The number of hydrogen-bond acceptors (Lipinski definition) is 4. The molecule has 0 saturated carbocycles. The summed E-state index contributed by atoms with van der Waals surface area (Å²) in [6.07, 6.45) is 0. The molecule has 1 aliphatic heterocycles. The van der Waals surface area contributed by atoms with Crippen molar-refractivity contribution in [2.75, 3.05) is 5.32 Å². The molecule has 0 fully saturated rings. The maximum atomic E-state index is 13.5. The monoisotopic (exact) mass is 523 g/mol. The maximum Gasteiger partial charge on any atom is 0.262 e. The van der Waals surface area contributed by atoms with Gasteiger partial charge in [0.25, 0.3) is 17.7 Å². The lowest BCUT2D eigenvalue weighted by atomic mass is 10.0. The highest BCUT2D eigenvalue weighted by atomic mass is 35.5. The number of carbonyl (C=O) groups excluding carboxylic acids is 4. The van der Waals surface area contributed by atoms with Crippen LogP contribution >= 0.6 is 23.2 Å². The van der Waals surface area contributed by atoms with Crippen molar-refractivity contribution in [2.24, 2.45) is 0 Å². The number of nitrogens with one attached hydrogen (secondary N) is 2. The van der Waals surface area contributed by atoms with Crippen molar-refractivity contribution in [1.82, 2.24) is 10.2 Å². The van der Waals surface area contributed by atoms with E-state index in [1.54, 1.807) is 24.3 Å². The van der Waals surface area contributed by atoms with Gasteiger partial charge < -0.3 is 10.6 Å². The third kappa shape index (κ3) is 4.72. The number of benzene rings is 3. The minimum atomic E-state index is -1.22. The Balaban J connectivity index is 1.64. The molecule has 2 N–H and O–H groups in total. The van der Waals surface area contributed by atoms with E-state index >= 15 is 0 Å². The summed E-state index contributed by atoms with van der Waals surface area (Å²) in [7, 11) is 0. The molecule has 0 unspecified atom stereocenters. The predicted molar refractivity (Wildman–Crippen MR) is 138 cm³/mol. The van der Waals surface area contributed by atoms with Crippen LogP contribution in [0.1, 0.15) is 50.4 Å². The van der Waals surface area contributed by atoms with E-state index in [0.717, 1.165) is 16.0 Å². The van der Waals surface area contributed by atoms with Crippen LogP contribution in [0.5, 0.6) is 0 Å². The number of hydrogen-bond donors (Lipinski definition) is 2. The van der Waals surface area contributed by atoms with E-state index in [1.165, 1.54) is 25.1 Å². The molecule has 7 nitrogen and oxygen atoms in total. The Hall–Kier alpha value is -3.68. The SMILES string of the molecule is Cc1cccc(C)c1NC(=O)[C@H](NC(=O)[C@@H](C)N1C(=O)c2ccccc2C1=O)c1ccc(Cl)cc1Cl. The Kier molecular flexibility index (Phi) is 7.15. The van der Waals surface area contributed by atoms with Gasteiger partial charge in [0.2, 0.25) is 5.91 Å². The van der Waals surface area contributed by atoms with Crippen LogP contribution in [0.3, 0.4) is 0 Å². The van der Waals surface area contributed by atoms with Crippen LogP contribution in [0.2, 0.25) is 10.0 Å². The van der Waals surface area contributed by atoms with Crippen molar-refractivity contribution in [2.45, 2.75) is 32.9 Å². The lowest BCUT2D eigenvalue weighted by molar-refractivity contribution is -0.129. The van der Waals surface area contributed by atoms with E-state index in [9.17, 15) is 19.2 Å². The van der Waals surface area contributed by atoms with Gasteiger partial charge in [-0.15, -0.1) is 0 Å². The first-order valence-electron chi connectivity index (χ1n) is 11.2. The fourth-order valence-corrected chi connectivity index (χ4v) is 4.68. The van der Waals surface area contributed by atoms with Crippen LogP contribution in [0.4, 0.5) is 5.69 Å². The predicted octanol–water partition coefficient (Wildman–Crippen LogP) is 5.09. The zero-order valence-corrected chi connectivity index (χ0v) is 21.3. The number of para-hydroxylation sites is 1. The molecular weight excluding hydrogens is 501 g/mol. The van der Waals surface area contributed by atoms with E-state index in [1.807, 2.05) is 32.0 Å². The lowest BCUT2D eigenvalue weighted by Gasteiger charge is -2.26. The van der Waals surface area contributed by atoms with Gasteiger partial charge in [0, 0.05) is 21.3 Å². The van der Waals surface area contributed by atoms with Gasteiger partial charge in [-0.25, -0.2) is 0 Å². The van der Waals surface area contributed by atoms with Gasteiger partial charge in [-0.3, -0.25) is 24.1 Å². The van der Waals surface area contributed by atoms with E-state index in [4.69, 9.17) is 23.2 Å². The number of imide groups is 1. The Morgan fingerprint density at radius 2 is 1.42 bits per heavy atom. The second kappa shape index (κ2) is 10.1. The standard InChI is InChI=1S/C27H23Cl2N3O4/c1-14-7-6-8-15(2)22(14)30-25(34)23(20-12-11-17(28)13-21(20)29)31-24(33)16(3)32-26(35)18-9-4-5-10-19(18)27(32)36/h4-13,16,23H,1-3H3,(H,30,34)(H,31,33)/t16-,23-/m1/s1. The first kappa shape index (κ1) is 25.4. The van der Waals surface area contributed by atoms with Crippen molar-refractivity contribution in [3.63, 3.8) is 0 Å². The van der Waals surface area contributed by atoms with E-state index < -0.39 is 35.7 Å². The Labute approximate surface area is 218 Å². The topological polar surface area (TPSA) is 95.6 Å². The van der Waals surface area contributed by atoms with E-state index in [0.29, 0.717) is 16.3 Å². The Bertz CT molecular complexity index is 1350. The molecule has 0 bridgehead atoms. The summed E-state index contributed by atoms with van der Waals surface area (Å²) >= 11 is 12.4. The summed E-state index contributed by atoms with van der Waals surface area (Å²) in [4.78, 5) is 53.4. The molecule has 2 atom stereocenters. The van der Waals surface area contributed by atoms with Gasteiger partial charge in [0.15, 0.2) is 0 Å². The normalized spacial score (nSPS) is 14.3. The van der Waals surface area contributed by atoms with Crippen molar-refractivity contribution < 1.29 is 19.2 Å². The number of amides is 4. The van der Waals surface area contributed by atoms with Gasteiger partial charge in [0.1, 0.15) is 12.1 Å². The van der Waals surface area contributed by atoms with E-state index in [2.05, 4.69) is 10.6 Å².